The summed E-state index contributed by atoms with van der Waals surface area (Å²) < 4.78 is 7.65. The molecule has 1 N–H and O–H groups in total. The quantitative estimate of drug-likeness (QED) is 0.727. The Bertz CT molecular complexity index is 1110. The van der Waals surface area contributed by atoms with Crippen LogP contribution in [0.25, 0.3) is 16.9 Å². The van der Waals surface area contributed by atoms with Gasteiger partial charge in [0, 0.05) is 42.1 Å². The standard InChI is InChI=1S/C22H25N5O2/c1-22(2,3)19-18(14-4-5-16-15(12-14)13-17(28)24-16)27-7-6-23-20(21(27)25-19)26-8-10-29-11-9-26/h4-7,12H,8-11,13H2,1-3H3,(H,24,28). The third-order valence-corrected chi connectivity index (χ3v) is 5.55. The van der Waals surface area contributed by atoms with E-state index in [1.807, 2.05) is 18.5 Å². The summed E-state index contributed by atoms with van der Waals surface area (Å²) in [5.74, 6) is 0.940. The number of hydrogen-bond donors (Lipinski definition) is 1. The van der Waals surface area contributed by atoms with Crippen molar-refractivity contribution in [2.75, 3.05) is 36.5 Å². The van der Waals surface area contributed by atoms with E-state index in [1.165, 1.54) is 0 Å². The number of rotatable bonds is 2. The lowest BCUT2D eigenvalue weighted by Gasteiger charge is -2.27. The van der Waals surface area contributed by atoms with Gasteiger partial charge in [-0.3, -0.25) is 9.20 Å². The molecular formula is C22H25N5O2. The molecule has 0 bridgehead atoms. The van der Waals surface area contributed by atoms with Gasteiger partial charge >= 0.3 is 0 Å². The number of anilines is 2. The molecule has 4 heterocycles. The fraction of sp³-hybridized carbons (Fsp3) is 0.409. The number of nitrogens with one attached hydrogen (secondary N) is 1. The summed E-state index contributed by atoms with van der Waals surface area (Å²) in [4.78, 5) is 23.8. The Labute approximate surface area is 169 Å². The van der Waals surface area contributed by atoms with Gasteiger partial charge in [0.05, 0.1) is 31.0 Å². The number of amides is 1. The van der Waals surface area contributed by atoms with Crippen LogP contribution in [0.15, 0.2) is 30.6 Å². The number of aromatic nitrogens is 3. The van der Waals surface area contributed by atoms with Crippen LogP contribution in [-0.2, 0) is 21.4 Å². The number of fused-ring (bicyclic) bond motifs is 2. The second-order valence-corrected chi connectivity index (χ2v) is 8.70. The first kappa shape index (κ1) is 18.1. The van der Waals surface area contributed by atoms with Crippen LogP contribution in [0.2, 0.25) is 0 Å². The molecule has 1 fully saturated rings. The van der Waals surface area contributed by atoms with E-state index >= 15 is 0 Å². The van der Waals surface area contributed by atoms with Crippen LogP contribution in [0.3, 0.4) is 0 Å². The van der Waals surface area contributed by atoms with Gasteiger partial charge in [0.15, 0.2) is 11.5 Å². The van der Waals surface area contributed by atoms with E-state index < -0.39 is 0 Å². The number of benzene rings is 1. The normalized spacial score (nSPS) is 16.9. The van der Waals surface area contributed by atoms with Crippen molar-refractivity contribution in [3.63, 3.8) is 0 Å². The summed E-state index contributed by atoms with van der Waals surface area (Å²) in [6.07, 6.45) is 4.24. The largest absolute Gasteiger partial charge is 0.378 e. The second kappa shape index (κ2) is 6.56. The zero-order valence-corrected chi connectivity index (χ0v) is 17.0. The maximum atomic E-state index is 11.8. The minimum absolute atomic E-state index is 0.0464. The summed E-state index contributed by atoms with van der Waals surface area (Å²) >= 11 is 0. The second-order valence-electron chi connectivity index (χ2n) is 8.70. The third-order valence-electron chi connectivity index (χ3n) is 5.55. The van der Waals surface area contributed by atoms with Gasteiger partial charge < -0.3 is 15.0 Å². The maximum absolute atomic E-state index is 11.8. The molecule has 0 atom stereocenters. The van der Waals surface area contributed by atoms with Crippen LogP contribution in [0.1, 0.15) is 32.0 Å². The lowest BCUT2D eigenvalue weighted by molar-refractivity contribution is -0.115. The predicted molar refractivity (Wildman–Crippen MR) is 112 cm³/mol. The van der Waals surface area contributed by atoms with Gasteiger partial charge in [0.1, 0.15) is 0 Å². The monoisotopic (exact) mass is 391 g/mol. The number of ether oxygens (including phenoxy) is 1. The van der Waals surface area contributed by atoms with Crippen molar-refractivity contribution in [1.29, 1.82) is 0 Å². The van der Waals surface area contributed by atoms with Gasteiger partial charge in [-0.1, -0.05) is 26.8 Å². The lowest BCUT2D eigenvalue weighted by Crippen LogP contribution is -2.37. The van der Waals surface area contributed by atoms with Crippen molar-refractivity contribution in [2.24, 2.45) is 0 Å². The van der Waals surface area contributed by atoms with Crippen molar-refractivity contribution in [1.82, 2.24) is 14.4 Å². The van der Waals surface area contributed by atoms with E-state index in [4.69, 9.17) is 9.72 Å². The van der Waals surface area contributed by atoms with Crippen LogP contribution in [0.5, 0.6) is 0 Å². The topological polar surface area (TPSA) is 71.8 Å². The summed E-state index contributed by atoms with van der Waals surface area (Å²) in [5.41, 5.74) is 5.81. The number of carbonyl (C=O) groups is 1. The van der Waals surface area contributed by atoms with Gasteiger partial charge in [0.2, 0.25) is 5.91 Å². The van der Waals surface area contributed by atoms with E-state index in [1.54, 1.807) is 0 Å². The van der Waals surface area contributed by atoms with E-state index in [0.717, 1.165) is 52.8 Å². The molecule has 2 aromatic heterocycles. The summed E-state index contributed by atoms with van der Waals surface area (Å²) in [5, 5.41) is 2.91. The molecule has 2 aliphatic rings. The Morgan fingerprint density at radius 1 is 1.17 bits per heavy atom. The molecule has 0 radical (unpaired) electrons. The average Bonchev–Trinajstić information content (AvgIpc) is 3.27. The molecular weight excluding hydrogens is 366 g/mol. The number of hydrogen-bond acceptors (Lipinski definition) is 5. The molecule has 29 heavy (non-hydrogen) atoms. The highest BCUT2D eigenvalue weighted by atomic mass is 16.5. The Kier molecular flexibility index (Phi) is 4.10. The van der Waals surface area contributed by atoms with Crippen molar-refractivity contribution in [3.8, 4) is 11.3 Å². The average molecular weight is 391 g/mol. The molecule has 7 nitrogen and oxygen atoms in total. The van der Waals surface area contributed by atoms with Gasteiger partial charge in [-0.15, -0.1) is 0 Å². The van der Waals surface area contributed by atoms with E-state index in [0.29, 0.717) is 19.6 Å². The maximum Gasteiger partial charge on any atom is 0.228 e. The predicted octanol–water partition coefficient (Wildman–Crippen LogP) is 3.03. The molecule has 1 aromatic carbocycles. The SMILES string of the molecule is CC(C)(C)c1nc2c(N3CCOCC3)nccn2c1-c1ccc2c(c1)CC(=O)N2. The van der Waals surface area contributed by atoms with Crippen molar-refractivity contribution in [3.05, 3.63) is 41.9 Å². The Hall–Kier alpha value is -2.93. The fourth-order valence-electron chi connectivity index (χ4n) is 4.14. The van der Waals surface area contributed by atoms with Gasteiger partial charge in [-0.2, -0.15) is 0 Å². The minimum Gasteiger partial charge on any atom is -0.378 e. The molecule has 1 saturated heterocycles. The van der Waals surface area contributed by atoms with E-state index in [9.17, 15) is 4.79 Å². The molecule has 3 aromatic rings. The molecule has 5 rings (SSSR count). The minimum atomic E-state index is -0.142. The molecule has 0 spiro atoms. The van der Waals surface area contributed by atoms with Crippen LogP contribution in [0, 0.1) is 0 Å². The van der Waals surface area contributed by atoms with Crippen molar-refractivity contribution < 1.29 is 9.53 Å². The Morgan fingerprint density at radius 2 is 1.97 bits per heavy atom. The fourth-order valence-corrected chi connectivity index (χ4v) is 4.14. The molecule has 0 saturated carbocycles. The zero-order chi connectivity index (χ0) is 20.2. The van der Waals surface area contributed by atoms with Crippen LogP contribution >= 0.6 is 0 Å². The molecule has 2 aliphatic heterocycles. The molecule has 0 aliphatic carbocycles. The van der Waals surface area contributed by atoms with Crippen molar-refractivity contribution >= 4 is 23.1 Å². The Balaban J connectivity index is 1.72. The summed E-state index contributed by atoms with van der Waals surface area (Å²) in [6.45, 7) is 9.57. The van der Waals surface area contributed by atoms with Gasteiger partial charge in [-0.05, 0) is 17.7 Å². The first-order chi connectivity index (χ1) is 13.9. The van der Waals surface area contributed by atoms with Crippen LogP contribution in [-0.4, -0.2) is 46.6 Å². The van der Waals surface area contributed by atoms with E-state index in [-0.39, 0.29) is 11.3 Å². The first-order valence-electron chi connectivity index (χ1n) is 10.1. The zero-order valence-electron chi connectivity index (χ0n) is 17.0. The number of morpholine rings is 1. The number of carbonyl (C=O) groups excluding carboxylic acids is 1. The Morgan fingerprint density at radius 3 is 2.72 bits per heavy atom. The molecule has 1 amide bonds. The number of nitrogens with zero attached hydrogens (tertiary/aromatic N) is 4. The van der Waals surface area contributed by atoms with Gasteiger partial charge in [0.25, 0.3) is 0 Å². The molecule has 150 valence electrons. The summed E-state index contributed by atoms with van der Waals surface area (Å²) in [6, 6.07) is 6.17. The highest BCUT2D eigenvalue weighted by Crippen LogP contribution is 2.37. The summed E-state index contributed by atoms with van der Waals surface area (Å²) in [7, 11) is 0. The highest BCUT2D eigenvalue weighted by molar-refractivity contribution is 5.99. The molecule has 7 heteroatoms. The molecule has 0 unspecified atom stereocenters. The van der Waals surface area contributed by atoms with E-state index in [2.05, 4.69) is 52.5 Å². The van der Waals surface area contributed by atoms with Crippen LogP contribution in [0.4, 0.5) is 11.5 Å². The lowest BCUT2D eigenvalue weighted by atomic mass is 9.88. The number of imidazole rings is 1. The van der Waals surface area contributed by atoms with Crippen molar-refractivity contribution in [2.45, 2.75) is 32.6 Å². The van der Waals surface area contributed by atoms with Gasteiger partial charge in [-0.25, -0.2) is 9.97 Å². The first-order valence-corrected chi connectivity index (χ1v) is 10.1. The van der Waals surface area contributed by atoms with Crippen LogP contribution < -0.4 is 10.2 Å². The smallest absolute Gasteiger partial charge is 0.228 e. The third kappa shape index (κ3) is 3.06. The highest BCUT2D eigenvalue weighted by Gasteiger charge is 2.28.